The highest BCUT2D eigenvalue weighted by molar-refractivity contribution is 5.83. The van der Waals surface area contributed by atoms with E-state index in [1.54, 1.807) is 12.1 Å². The number of amides is 1. The van der Waals surface area contributed by atoms with Crippen molar-refractivity contribution in [2.45, 2.75) is 45.3 Å². The molecule has 0 aliphatic heterocycles. The first-order chi connectivity index (χ1) is 10.5. The number of carbonyl (C=O) groups excluding carboxylic acids is 1. The van der Waals surface area contributed by atoms with Crippen LogP contribution in [-0.2, 0) is 4.79 Å². The molecule has 1 aliphatic rings. The van der Waals surface area contributed by atoms with Gasteiger partial charge < -0.3 is 15.8 Å². The fourth-order valence-electron chi connectivity index (χ4n) is 2.97. The van der Waals surface area contributed by atoms with Crippen LogP contribution in [0.5, 0.6) is 5.75 Å². The molecule has 1 unspecified atom stereocenters. The Morgan fingerprint density at radius 2 is 2.09 bits per heavy atom. The van der Waals surface area contributed by atoms with Crippen LogP contribution in [0.2, 0.25) is 0 Å². The SMILES string of the molecule is CC(NC(=O)C1(CN)CCCC1)c1cccc(OC(F)F)c1. The summed E-state index contributed by atoms with van der Waals surface area (Å²) in [7, 11) is 0. The van der Waals surface area contributed by atoms with Crippen LogP contribution in [0.4, 0.5) is 8.78 Å². The normalized spacial score (nSPS) is 18.2. The van der Waals surface area contributed by atoms with Crippen molar-refractivity contribution in [3.63, 3.8) is 0 Å². The van der Waals surface area contributed by atoms with E-state index in [1.807, 2.05) is 6.92 Å². The first-order valence-electron chi connectivity index (χ1n) is 7.53. The van der Waals surface area contributed by atoms with Crippen molar-refractivity contribution < 1.29 is 18.3 Å². The van der Waals surface area contributed by atoms with Gasteiger partial charge in [-0.05, 0) is 37.5 Å². The number of ether oxygens (including phenoxy) is 1. The molecule has 22 heavy (non-hydrogen) atoms. The lowest BCUT2D eigenvalue weighted by Gasteiger charge is -2.28. The van der Waals surface area contributed by atoms with E-state index < -0.39 is 12.0 Å². The van der Waals surface area contributed by atoms with E-state index in [-0.39, 0.29) is 17.7 Å². The molecule has 3 N–H and O–H groups in total. The van der Waals surface area contributed by atoms with Crippen LogP contribution < -0.4 is 15.8 Å². The van der Waals surface area contributed by atoms with Crippen molar-refractivity contribution in [1.82, 2.24) is 5.32 Å². The second-order valence-electron chi connectivity index (χ2n) is 5.84. The van der Waals surface area contributed by atoms with Gasteiger partial charge in [0, 0.05) is 6.54 Å². The van der Waals surface area contributed by atoms with E-state index in [0.29, 0.717) is 6.54 Å². The number of nitrogens with one attached hydrogen (secondary N) is 1. The molecule has 0 saturated heterocycles. The van der Waals surface area contributed by atoms with Gasteiger partial charge in [0.05, 0.1) is 11.5 Å². The van der Waals surface area contributed by atoms with Crippen molar-refractivity contribution in [3.8, 4) is 5.75 Å². The lowest BCUT2D eigenvalue weighted by molar-refractivity contribution is -0.131. The lowest BCUT2D eigenvalue weighted by Crippen LogP contribution is -2.44. The fraction of sp³-hybridized carbons (Fsp3) is 0.562. The van der Waals surface area contributed by atoms with Crippen molar-refractivity contribution in [1.29, 1.82) is 0 Å². The van der Waals surface area contributed by atoms with Gasteiger partial charge in [0.1, 0.15) is 5.75 Å². The summed E-state index contributed by atoms with van der Waals surface area (Å²) >= 11 is 0. The molecule has 4 nitrogen and oxygen atoms in total. The highest BCUT2D eigenvalue weighted by Gasteiger charge is 2.40. The number of benzene rings is 1. The predicted octanol–water partition coefficient (Wildman–Crippen LogP) is 2.98. The minimum absolute atomic E-state index is 0.0554. The van der Waals surface area contributed by atoms with Gasteiger partial charge in [-0.25, -0.2) is 0 Å². The van der Waals surface area contributed by atoms with Gasteiger partial charge >= 0.3 is 6.61 Å². The zero-order valence-electron chi connectivity index (χ0n) is 12.6. The number of nitrogens with two attached hydrogens (primary N) is 1. The average molecular weight is 312 g/mol. The van der Waals surface area contributed by atoms with Crippen LogP contribution in [0.25, 0.3) is 0 Å². The maximum absolute atomic E-state index is 12.5. The van der Waals surface area contributed by atoms with Gasteiger partial charge in [0.2, 0.25) is 5.91 Å². The molecule has 6 heteroatoms. The molecular formula is C16H22F2N2O2. The Morgan fingerprint density at radius 3 is 2.68 bits per heavy atom. The third-order valence-electron chi connectivity index (χ3n) is 4.36. The topological polar surface area (TPSA) is 64.4 Å². The Bertz CT molecular complexity index is 517. The summed E-state index contributed by atoms with van der Waals surface area (Å²) < 4.78 is 28.9. The Labute approximate surface area is 129 Å². The molecule has 0 bridgehead atoms. The van der Waals surface area contributed by atoms with E-state index in [0.717, 1.165) is 31.2 Å². The number of hydrogen-bond acceptors (Lipinski definition) is 3. The maximum Gasteiger partial charge on any atom is 0.387 e. The van der Waals surface area contributed by atoms with Gasteiger partial charge in [0.25, 0.3) is 0 Å². The number of alkyl halides is 2. The van der Waals surface area contributed by atoms with Gasteiger partial charge in [-0.2, -0.15) is 8.78 Å². The molecule has 1 amide bonds. The van der Waals surface area contributed by atoms with E-state index in [2.05, 4.69) is 10.1 Å². The largest absolute Gasteiger partial charge is 0.435 e. The first-order valence-corrected chi connectivity index (χ1v) is 7.53. The quantitative estimate of drug-likeness (QED) is 0.849. The minimum Gasteiger partial charge on any atom is -0.435 e. The van der Waals surface area contributed by atoms with Gasteiger partial charge in [-0.3, -0.25) is 4.79 Å². The Morgan fingerprint density at radius 1 is 1.41 bits per heavy atom. The summed E-state index contributed by atoms with van der Waals surface area (Å²) in [4.78, 5) is 12.5. The Kier molecular flexibility index (Phi) is 5.34. The molecule has 0 heterocycles. The van der Waals surface area contributed by atoms with Gasteiger partial charge in [0.15, 0.2) is 0 Å². The molecule has 2 rings (SSSR count). The predicted molar refractivity (Wildman–Crippen MR) is 79.6 cm³/mol. The van der Waals surface area contributed by atoms with E-state index in [1.165, 1.54) is 12.1 Å². The molecule has 122 valence electrons. The van der Waals surface area contributed by atoms with Crippen LogP contribution >= 0.6 is 0 Å². The lowest BCUT2D eigenvalue weighted by atomic mass is 9.85. The molecular weight excluding hydrogens is 290 g/mol. The number of rotatable bonds is 6. The van der Waals surface area contributed by atoms with Crippen molar-refractivity contribution in [3.05, 3.63) is 29.8 Å². The number of halogens is 2. The smallest absolute Gasteiger partial charge is 0.387 e. The van der Waals surface area contributed by atoms with Crippen LogP contribution in [0.1, 0.15) is 44.2 Å². The van der Waals surface area contributed by atoms with Crippen molar-refractivity contribution >= 4 is 5.91 Å². The summed E-state index contributed by atoms with van der Waals surface area (Å²) in [5.41, 5.74) is 6.04. The number of hydrogen-bond donors (Lipinski definition) is 2. The zero-order chi connectivity index (χ0) is 16.2. The summed E-state index contributed by atoms with van der Waals surface area (Å²) in [5.74, 6) is 0.0307. The molecule has 1 aromatic carbocycles. The van der Waals surface area contributed by atoms with E-state index in [9.17, 15) is 13.6 Å². The first kappa shape index (κ1) is 16.7. The van der Waals surface area contributed by atoms with Crippen molar-refractivity contribution in [2.24, 2.45) is 11.1 Å². The third kappa shape index (κ3) is 3.74. The van der Waals surface area contributed by atoms with Crippen LogP contribution in [-0.4, -0.2) is 19.1 Å². The van der Waals surface area contributed by atoms with E-state index >= 15 is 0 Å². The summed E-state index contributed by atoms with van der Waals surface area (Å²) in [5, 5.41) is 2.95. The molecule has 0 radical (unpaired) electrons. The maximum atomic E-state index is 12.5. The van der Waals surface area contributed by atoms with Crippen LogP contribution in [0.15, 0.2) is 24.3 Å². The molecule has 1 aliphatic carbocycles. The fourth-order valence-corrected chi connectivity index (χ4v) is 2.97. The molecule has 0 spiro atoms. The minimum atomic E-state index is -2.86. The standard InChI is InChI=1S/C16H22F2N2O2/c1-11(12-5-4-6-13(9-12)22-15(17)18)20-14(21)16(10-19)7-2-3-8-16/h4-6,9,11,15H,2-3,7-8,10,19H2,1H3,(H,20,21). The molecule has 1 atom stereocenters. The molecule has 1 fully saturated rings. The molecule has 1 aromatic rings. The van der Waals surface area contributed by atoms with E-state index in [4.69, 9.17) is 5.73 Å². The monoisotopic (exact) mass is 312 g/mol. The highest BCUT2D eigenvalue weighted by Crippen LogP contribution is 2.37. The molecule has 0 aromatic heterocycles. The van der Waals surface area contributed by atoms with Crippen LogP contribution in [0.3, 0.4) is 0 Å². The van der Waals surface area contributed by atoms with Crippen molar-refractivity contribution in [2.75, 3.05) is 6.54 Å². The second-order valence-corrected chi connectivity index (χ2v) is 5.84. The number of carbonyl (C=O) groups is 1. The third-order valence-corrected chi connectivity index (χ3v) is 4.36. The van der Waals surface area contributed by atoms with Gasteiger partial charge in [-0.1, -0.05) is 25.0 Å². The summed E-state index contributed by atoms with van der Waals surface area (Å²) in [6, 6.07) is 6.08. The van der Waals surface area contributed by atoms with Gasteiger partial charge in [-0.15, -0.1) is 0 Å². The van der Waals surface area contributed by atoms with Crippen LogP contribution in [0, 0.1) is 5.41 Å². The Hall–Kier alpha value is -1.69. The molecule has 1 saturated carbocycles. The highest BCUT2D eigenvalue weighted by atomic mass is 19.3. The second kappa shape index (κ2) is 7.05. The Balaban J connectivity index is 2.05. The summed E-state index contributed by atoms with van der Waals surface area (Å²) in [6.45, 7) is -0.710. The zero-order valence-corrected chi connectivity index (χ0v) is 12.6. The average Bonchev–Trinajstić information content (AvgIpc) is 2.97. The summed E-state index contributed by atoms with van der Waals surface area (Å²) in [6.07, 6.45) is 3.63.